The summed E-state index contributed by atoms with van der Waals surface area (Å²) in [7, 11) is 1.35. The van der Waals surface area contributed by atoms with Crippen molar-refractivity contribution >= 4 is 23.6 Å². The Balaban J connectivity index is 2.00. The van der Waals surface area contributed by atoms with Crippen LogP contribution in [-0.4, -0.2) is 36.0 Å². The number of rotatable bonds is 4. The molecule has 0 bridgehead atoms. The van der Waals surface area contributed by atoms with E-state index in [9.17, 15) is 9.59 Å². The van der Waals surface area contributed by atoms with Gasteiger partial charge < -0.3 is 15.8 Å². The second-order valence-corrected chi connectivity index (χ2v) is 6.80. The molecule has 1 atom stereocenters. The summed E-state index contributed by atoms with van der Waals surface area (Å²) in [5.74, 6) is 1.37. The molecule has 1 aliphatic rings. The Morgan fingerprint density at radius 2 is 1.86 bits per heavy atom. The molecule has 22 heavy (non-hydrogen) atoms. The van der Waals surface area contributed by atoms with Crippen LogP contribution in [0, 0.1) is 0 Å². The fraction of sp³-hybridized carbons (Fsp3) is 0.500. The molecular weight excluding hydrogens is 300 g/mol. The number of benzene rings is 1. The van der Waals surface area contributed by atoms with Gasteiger partial charge in [-0.25, -0.2) is 4.79 Å². The number of hydrogen-bond acceptors (Lipinski definition) is 5. The third-order valence-corrected chi connectivity index (χ3v) is 5.00. The van der Waals surface area contributed by atoms with E-state index in [0.29, 0.717) is 18.4 Å². The van der Waals surface area contributed by atoms with E-state index in [1.807, 2.05) is 30.8 Å². The molecule has 0 aliphatic carbocycles. The summed E-state index contributed by atoms with van der Waals surface area (Å²) in [6.07, 6.45) is 1.41. The monoisotopic (exact) mass is 322 g/mol. The third-order valence-electron chi connectivity index (χ3n) is 4.02. The highest BCUT2D eigenvalue weighted by Gasteiger charge is 2.36. The van der Waals surface area contributed by atoms with Crippen LogP contribution in [0.4, 0.5) is 0 Å². The Hall–Kier alpha value is -1.53. The molecule has 1 aliphatic heterocycles. The maximum Gasteiger partial charge on any atom is 0.337 e. The van der Waals surface area contributed by atoms with Gasteiger partial charge in [-0.05, 0) is 49.0 Å². The molecule has 1 fully saturated rings. The Labute approximate surface area is 135 Å². The highest BCUT2D eigenvalue weighted by Crippen LogP contribution is 2.26. The lowest BCUT2D eigenvalue weighted by atomic mass is 9.92. The van der Waals surface area contributed by atoms with Crippen molar-refractivity contribution in [3.8, 4) is 0 Å². The lowest BCUT2D eigenvalue weighted by Crippen LogP contribution is -2.56. The van der Waals surface area contributed by atoms with Gasteiger partial charge >= 0.3 is 5.97 Å². The van der Waals surface area contributed by atoms with Gasteiger partial charge in [-0.15, -0.1) is 0 Å². The summed E-state index contributed by atoms with van der Waals surface area (Å²) < 4.78 is 4.67. The molecule has 120 valence electrons. The van der Waals surface area contributed by atoms with E-state index in [0.717, 1.165) is 17.1 Å². The molecule has 6 heteroatoms. The molecule has 1 heterocycles. The topological polar surface area (TPSA) is 81.4 Å². The molecule has 1 unspecified atom stereocenters. The first-order valence-electron chi connectivity index (χ1n) is 7.32. The first-order chi connectivity index (χ1) is 10.5. The van der Waals surface area contributed by atoms with E-state index in [1.54, 1.807) is 12.1 Å². The van der Waals surface area contributed by atoms with Crippen LogP contribution in [0.5, 0.6) is 0 Å². The zero-order valence-electron chi connectivity index (χ0n) is 12.9. The number of thioether (sulfide) groups is 1. The van der Waals surface area contributed by atoms with Crippen molar-refractivity contribution in [3.05, 3.63) is 35.4 Å². The van der Waals surface area contributed by atoms with Crippen LogP contribution in [-0.2, 0) is 9.53 Å². The highest BCUT2D eigenvalue weighted by molar-refractivity contribution is 7.99. The summed E-state index contributed by atoms with van der Waals surface area (Å²) in [6.45, 7) is 1.91. The molecule has 1 amide bonds. The number of nitrogens with two attached hydrogens (primary N) is 1. The fourth-order valence-electron chi connectivity index (χ4n) is 2.41. The van der Waals surface area contributed by atoms with Crippen LogP contribution in [0.25, 0.3) is 0 Å². The largest absolute Gasteiger partial charge is 0.465 e. The number of nitrogens with one attached hydrogen (secondary N) is 1. The van der Waals surface area contributed by atoms with E-state index in [-0.39, 0.29) is 17.9 Å². The summed E-state index contributed by atoms with van der Waals surface area (Å²) in [6, 6.07) is 6.86. The van der Waals surface area contributed by atoms with Crippen molar-refractivity contribution in [2.24, 2.45) is 5.73 Å². The second-order valence-electron chi connectivity index (χ2n) is 5.58. The zero-order valence-corrected chi connectivity index (χ0v) is 13.7. The van der Waals surface area contributed by atoms with Crippen molar-refractivity contribution in [2.45, 2.75) is 31.3 Å². The van der Waals surface area contributed by atoms with Gasteiger partial charge in [0.25, 0.3) is 0 Å². The summed E-state index contributed by atoms with van der Waals surface area (Å²) in [5, 5.41) is 2.98. The van der Waals surface area contributed by atoms with E-state index in [1.165, 1.54) is 7.11 Å². The SMILES string of the molecule is COC(=O)c1ccc(C(C)NC(=O)C2(N)CCSCC2)cc1. The second kappa shape index (κ2) is 7.15. The summed E-state index contributed by atoms with van der Waals surface area (Å²) in [5.41, 5.74) is 6.88. The molecule has 1 aromatic rings. The number of esters is 1. The summed E-state index contributed by atoms with van der Waals surface area (Å²) in [4.78, 5) is 23.8. The third kappa shape index (κ3) is 3.81. The van der Waals surface area contributed by atoms with E-state index in [2.05, 4.69) is 10.1 Å². The van der Waals surface area contributed by atoms with Gasteiger partial charge in [0.2, 0.25) is 5.91 Å². The van der Waals surface area contributed by atoms with E-state index < -0.39 is 5.54 Å². The van der Waals surface area contributed by atoms with Crippen molar-refractivity contribution in [1.82, 2.24) is 5.32 Å². The lowest BCUT2D eigenvalue weighted by Gasteiger charge is -2.32. The van der Waals surface area contributed by atoms with Crippen LogP contribution in [0.2, 0.25) is 0 Å². The number of amides is 1. The Kier molecular flexibility index (Phi) is 5.47. The average molecular weight is 322 g/mol. The van der Waals surface area contributed by atoms with Crippen LogP contribution in [0.15, 0.2) is 24.3 Å². The molecule has 5 nitrogen and oxygen atoms in total. The average Bonchev–Trinajstić information content (AvgIpc) is 2.54. The van der Waals surface area contributed by atoms with Gasteiger partial charge in [-0.1, -0.05) is 12.1 Å². The van der Waals surface area contributed by atoms with E-state index >= 15 is 0 Å². The van der Waals surface area contributed by atoms with Crippen LogP contribution in [0.3, 0.4) is 0 Å². The number of hydrogen-bond donors (Lipinski definition) is 2. The number of carbonyl (C=O) groups excluding carboxylic acids is 2. The molecule has 3 N–H and O–H groups in total. The number of carbonyl (C=O) groups is 2. The van der Waals surface area contributed by atoms with Gasteiger partial charge in [0.15, 0.2) is 0 Å². The Morgan fingerprint density at radius 1 is 1.27 bits per heavy atom. The van der Waals surface area contributed by atoms with Crippen molar-refractivity contribution in [2.75, 3.05) is 18.6 Å². The molecular formula is C16H22N2O3S. The van der Waals surface area contributed by atoms with Gasteiger partial charge in [-0.3, -0.25) is 4.79 Å². The first-order valence-corrected chi connectivity index (χ1v) is 8.47. The minimum atomic E-state index is -0.758. The standard InChI is InChI=1S/C16H22N2O3S/c1-11(12-3-5-13(6-4-12)14(19)21-2)18-15(20)16(17)7-9-22-10-8-16/h3-6,11H,7-10,17H2,1-2H3,(H,18,20). The molecule has 0 radical (unpaired) electrons. The predicted octanol–water partition coefficient (Wildman–Crippen LogP) is 1.87. The maximum absolute atomic E-state index is 12.4. The molecule has 2 rings (SSSR count). The molecule has 1 saturated heterocycles. The van der Waals surface area contributed by atoms with E-state index in [4.69, 9.17) is 5.73 Å². The van der Waals surface area contributed by atoms with Crippen molar-refractivity contribution in [1.29, 1.82) is 0 Å². The minimum absolute atomic E-state index is 0.0997. The van der Waals surface area contributed by atoms with Crippen molar-refractivity contribution in [3.63, 3.8) is 0 Å². The Morgan fingerprint density at radius 3 is 2.41 bits per heavy atom. The predicted molar refractivity (Wildman–Crippen MR) is 87.8 cm³/mol. The number of methoxy groups -OCH3 is 1. The van der Waals surface area contributed by atoms with Crippen LogP contribution >= 0.6 is 11.8 Å². The van der Waals surface area contributed by atoms with Gasteiger partial charge in [-0.2, -0.15) is 11.8 Å². The molecule has 0 aromatic heterocycles. The van der Waals surface area contributed by atoms with Crippen LogP contribution < -0.4 is 11.1 Å². The quantitative estimate of drug-likeness (QED) is 0.827. The lowest BCUT2D eigenvalue weighted by molar-refractivity contribution is -0.127. The normalized spacial score (nSPS) is 18.3. The minimum Gasteiger partial charge on any atom is -0.465 e. The smallest absolute Gasteiger partial charge is 0.337 e. The van der Waals surface area contributed by atoms with Gasteiger partial charge in [0, 0.05) is 0 Å². The van der Waals surface area contributed by atoms with Gasteiger partial charge in [0.05, 0.1) is 24.3 Å². The maximum atomic E-state index is 12.4. The molecule has 1 aromatic carbocycles. The first kappa shape index (κ1) is 16.8. The highest BCUT2D eigenvalue weighted by atomic mass is 32.2. The Bertz CT molecular complexity index is 539. The summed E-state index contributed by atoms with van der Waals surface area (Å²) >= 11 is 1.83. The fourth-order valence-corrected chi connectivity index (χ4v) is 3.63. The molecule has 0 saturated carbocycles. The van der Waals surface area contributed by atoms with Crippen LogP contribution in [0.1, 0.15) is 41.7 Å². The molecule has 0 spiro atoms. The van der Waals surface area contributed by atoms with Gasteiger partial charge in [0.1, 0.15) is 0 Å². The number of ether oxygens (including phenoxy) is 1. The zero-order chi connectivity index (χ0) is 16.2. The van der Waals surface area contributed by atoms with Crippen molar-refractivity contribution < 1.29 is 14.3 Å².